The number of likely N-dealkylation sites (tertiary alicyclic amines) is 1. The molecule has 2 aromatic rings. The van der Waals surface area contributed by atoms with Gasteiger partial charge < -0.3 is 9.64 Å². The lowest BCUT2D eigenvalue weighted by atomic mass is 10.1. The molecule has 1 amide bonds. The molecule has 1 aromatic carbocycles. The highest BCUT2D eigenvalue weighted by Crippen LogP contribution is 2.23. The van der Waals surface area contributed by atoms with Gasteiger partial charge in [0.2, 0.25) is 0 Å². The van der Waals surface area contributed by atoms with Gasteiger partial charge in [-0.25, -0.2) is 4.39 Å². The van der Waals surface area contributed by atoms with Crippen LogP contribution in [0, 0.1) is 11.7 Å². The average Bonchev–Trinajstić information content (AvgIpc) is 3.20. The van der Waals surface area contributed by atoms with Crippen LogP contribution in [-0.2, 0) is 0 Å². The monoisotopic (exact) mass is 319 g/mol. The van der Waals surface area contributed by atoms with Gasteiger partial charge >= 0.3 is 0 Å². The van der Waals surface area contributed by atoms with Crippen molar-refractivity contribution in [2.75, 3.05) is 19.7 Å². The molecule has 22 heavy (non-hydrogen) atoms. The summed E-state index contributed by atoms with van der Waals surface area (Å²) in [4.78, 5) is 15.0. The number of benzene rings is 1. The largest absolute Gasteiger partial charge is 0.494 e. The molecule has 3 nitrogen and oxygen atoms in total. The Morgan fingerprint density at radius 2 is 2.14 bits per heavy atom. The van der Waals surface area contributed by atoms with Crippen LogP contribution in [0.4, 0.5) is 4.39 Å². The highest BCUT2D eigenvalue weighted by molar-refractivity contribution is 7.12. The normalized spacial score (nSPS) is 17.7. The summed E-state index contributed by atoms with van der Waals surface area (Å²) in [6.45, 7) is 2.21. The fourth-order valence-corrected chi connectivity index (χ4v) is 3.37. The van der Waals surface area contributed by atoms with Crippen LogP contribution < -0.4 is 4.74 Å². The molecule has 0 N–H and O–H groups in total. The molecule has 0 bridgehead atoms. The minimum absolute atomic E-state index is 0.136. The van der Waals surface area contributed by atoms with E-state index in [4.69, 9.17) is 4.74 Å². The number of ether oxygens (including phenoxy) is 1. The van der Waals surface area contributed by atoms with Gasteiger partial charge in [0.05, 0.1) is 11.5 Å². The van der Waals surface area contributed by atoms with E-state index >= 15 is 0 Å². The first-order valence-electron chi connectivity index (χ1n) is 7.43. The Balaban J connectivity index is 1.43. The Morgan fingerprint density at radius 1 is 1.32 bits per heavy atom. The molecule has 1 saturated heterocycles. The zero-order valence-electron chi connectivity index (χ0n) is 12.2. The molecule has 1 aromatic heterocycles. The van der Waals surface area contributed by atoms with Crippen LogP contribution in [0.1, 0.15) is 22.5 Å². The molecule has 1 unspecified atom stereocenters. The zero-order chi connectivity index (χ0) is 15.4. The number of hydrogen-bond donors (Lipinski definition) is 0. The van der Waals surface area contributed by atoms with Gasteiger partial charge in [0.15, 0.2) is 0 Å². The number of halogens is 1. The van der Waals surface area contributed by atoms with Gasteiger partial charge in [0.1, 0.15) is 11.6 Å². The Labute approximate surface area is 133 Å². The summed E-state index contributed by atoms with van der Waals surface area (Å²) in [5.41, 5.74) is 0. The Morgan fingerprint density at radius 3 is 2.86 bits per heavy atom. The molecule has 0 aliphatic carbocycles. The minimum Gasteiger partial charge on any atom is -0.494 e. The SMILES string of the molecule is O=C(c1cccs1)N1CCC(CCOc2ccc(F)cc2)C1. The third kappa shape index (κ3) is 3.65. The van der Waals surface area contributed by atoms with E-state index in [1.807, 2.05) is 22.4 Å². The van der Waals surface area contributed by atoms with Crippen molar-refractivity contribution in [2.24, 2.45) is 5.92 Å². The van der Waals surface area contributed by atoms with Gasteiger partial charge in [-0.15, -0.1) is 11.3 Å². The number of hydrogen-bond acceptors (Lipinski definition) is 3. The van der Waals surface area contributed by atoms with Gasteiger partial charge in [-0.2, -0.15) is 0 Å². The lowest BCUT2D eigenvalue weighted by Crippen LogP contribution is -2.28. The third-order valence-electron chi connectivity index (χ3n) is 3.91. The van der Waals surface area contributed by atoms with Crippen molar-refractivity contribution in [1.29, 1.82) is 0 Å². The van der Waals surface area contributed by atoms with E-state index in [0.29, 0.717) is 18.3 Å². The summed E-state index contributed by atoms with van der Waals surface area (Å²) in [6, 6.07) is 9.84. The molecule has 5 heteroatoms. The van der Waals surface area contributed by atoms with Gasteiger partial charge in [-0.05, 0) is 54.5 Å². The van der Waals surface area contributed by atoms with Crippen LogP contribution in [0.5, 0.6) is 5.75 Å². The number of carbonyl (C=O) groups excluding carboxylic acids is 1. The van der Waals surface area contributed by atoms with Crippen molar-refractivity contribution < 1.29 is 13.9 Å². The molecule has 0 radical (unpaired) electrons. The van der Waals surface area contributed by atoms with Crippen LogP contribution in [0.15, 0.2) is 41.8 Å². The summed E-state index contributed by atoms with van der Waals surface area (Å²) in [7, 11) is 0. The van der Waals surface area contributed by atoms with Crippen molar-refractivity contribution in [3.8, 4) is 5.75 Å². The van der Waals surface area contributed by atoms with Gasteiger partial charge in [-0.1, -0.05) is 6.07 Å². The first-order chi connectivity index (χ1) is 10.7. The van der Waals surface area contributed by atoms with E-state index in [1.165, 1.54) is 23.5 Å². The number of rotatable bonds is 5. The maximum atomic E-state index is 12.8. The standard InChI is InChI=1S/C17H18FNO2S/c18-14-3-5-15(6-4-14)21-10-8-13-7-9-19(12-13)17(20)16-2-1-11-22-16/h1-6,11,13H,7-10,12H2. The fraction of sp³-hybridized carbons (Fsp3) is 0.353. The predicted molar refractivity (Wildman–Crippen MR) is 84.8 cm³/mol. The average molecular weight is 319 g/mol. The molecule has 1 fully saturated rings. The summed E-state index contributed by atoms with van der Waals surface area (Å²) in [5, 5.41) is 1.93. The summed E-state index contributed by atoms with van der Waals surface area (Å²) < 4.78 is 18.4. The van der Waals surface area contributed by atoms with Crippen molar-refractivity contribution in [2.45, 2.75) is 12.8 Å². The third-order valence-corrected chi connectivity index (χ3v) is 4.77. The predicted octanol–water partition coefficient (Wildman–Crippen LogP) is 3.82. The molecule has 116 valence electrons. The highest BCUT2D eigenvalue weighted by Gasteiger charge is 2.27. The number of carbonyl (C=O) groups is 1. The first-order valence-corrected chi connectivity index (χ1v) is 8.31. The molecule has 0 spiro atoms. The molecule has 1 atom stereocenters. The van der Waals surface area contributed by atoms with Crippen LogP contribution >= 0.6 is 11.3 Å². The maximum Gasteiger partial charge on any atom is 0.263 e. The number of thiophene rings is 1. The van der Waals surface area contributed by atoms with Crippen LogP contribution in [-0.4, -0.2) is 30.5 Å². The van der Waals surface area contributed by atoms with E-state index < -0.39 is 0 Å². The lowest BCUT2D eigenvalue weighted by Gasteiger charge is -2.15. The highest BCUT2D eigenvalue weighted by atomic mass is 32.1. The number of nitrogens with zero attached hydrogens (tertiary/aromatic N) is 1. The van der Waals surface area contributed by atoms with Crippen molar-refractivity contribution in [3.05, 3.63) is 52.5 Å². The lowest BCUT2D eigenvalue weighted by molar-refractivity contribution is 0.0790. The van der Waals surface area contributed by atoms with Gasteiger partial charge in [0, 0.05) is 13.1 Å². The molecular weight excluding hydrogens is 301 g/mol. The number of amides is 1. The zero-order valence-corrected chi connectivity index (χ0v) is 13.0. The second-order valence-corrected chi connectivity index (χ2v) is 6.42. The topological polar surface area (TPSA) is 29.5 Å². The van der Waals surface area contributed by atoms with Crippen LogP contribution in [0.3, 0.4) is 0 Å². The maximum absolute atomic E-state index is 12.8. The smallest absolute Gasteiger partial charge is 0.263 e. The van der Waals surface area contributed by atoms with E-state index in [9.17, 15) is 9.18 Å². The summed E-state index contributed by atoms with van der Waals surface area (Å²) >= 11 is 1.49. The van der Waals surface area contributed by atoms with Gasteiger partial charge in [-0.3, -0.25) is 4.79 Å². The molecule has 0 saturated carbocycles. The van der Waals surface area contributed by atoms with Crippen LogP contribution in [0.25, 0.3) is 0 Å². The molecule has 2 heterocycles. The first kappa shape index (κ1) is 15.0. The molecule has 1 aliphatic rings. The minimum atomic E-state index is -0.258. The second kappa shape index (κ2) is 6.92. The molecule has 1 aliphatic heterocycles. The summed E-state index contributed by atoms with van der Waals surface area (Å²) in [5.74, 6) is 1.04. The van der Waals surface area contributed by atoms with Crippen molar-refractivity contribution in [3.63, 3.8) is 0 Å². The Bertz CT molecular complexity index is 612. The van der Waals surface area contributed by atoms with E-state index in [-0.39, 0.29) is 11.7 Å². The molecule has 3 rings (SSSR count). The molecular formula is C17H18FNO2S. The van der Waals surface area contributed by atoms with Crippen molar-refractivity contribution in [1.82, 2.24) is 4.90 Å². The Hall–Kier alpha value is -1.88. The summed E-state index contributed by atoms with van der Waals surface area (Å²) in [6.07, 6.45) is 1.93. The van der Waals surface area contributed by atoms with Crippen LogP contribution in [0.2, 0.25) is 0 Å². The van der Waals surface area contributed by atoms with Gasteiger partial charge in [0.25, 0.3) is 5.91 Å². The quantitative estimate of drug-likeness (QED) is 0.838. The fourth-order valence-electron chi connectivity index (χ4n) is 2.68. The second-order valence-electron chi connectivity index (χ2n) is 5.47. The van der Waals surface area contributed by atoms with E-state index in [1.54, 1.807) is 12.1 Å². The Kier molecular flexibility index (Phi) is 4.73. The van der Waals surface area contributed by atoms with E-state index in [0.717, 1.165) is 30.8 Å². The van der Waals surface area contributed by atoms with Crippen molar-refractivity contribution >= 4 is 17.2 Å². The van der Waals surface area contributed by atoms with E-state index in [2.05, 4.69) is 0 Å².